The molecule has 3 N–H and O–H groups in total. The number of aliphatic hydroxyl groups is 1. The van der Waals surface area contributed by atoms with Gasteiger partial charge in [-0.3, -0.25) is 4.79 Å². The molecule has 0 heterocycles. The minimum Gasteiger partial charge on any atom is -0.467 e. The number of rotatable bonds is 8. The predicted molar refractivity (Wildman–Crippen MR) is 92.6 cm³/mol. The molecule has 0 aliphatic carbocycles. The molecule has 0 spiro atoms. The van der Waals surface area contributed by atoms with E-state index in [-0.39, 0.29) is 13.0 Å². The van der Waals surface area contributed by atoms with Gasteiger partial charge >= 0.3 is 12.1 Å². The quantitative estimate of drug-likeness (QED) is 0.454. The summed E-state index contributed by atoms with van der Waals surface area (Å²) >= 11 is 0. The average molecular weight is 362 g/mol. The normalized spacial score (nSPS) is 13.5. The Kier molecular flexibility index (Phi) is 8.67. The van der Waals surface area contributed by atoms with Crippen molar-refractivity contribution in [1.29, 1.82) is 0 Å². The van der Waals surface area contributed by atoms with Crippen LogP contribution in [-0.4, -0.2) is 48.4 Å². The van der Waals surface area contributed by atoms with Gasteiger partial charge in [0.25, 0.3) is 0 Å². The number of nitrogens with one attached hydrogen (secondary N) is 2. The molecule has 0 radical (unpaired) electrons. The van der Waals surface area contributed by atoms with Crippen molar-refractivity contribution in [2.24, 2.45) is 0 Å². The van der Waals surface area contributed by atoms with Gasteiger partial charge in [0, 0.05) is 6.42 Å². The van der Waals surface area contributed by atoms with Gasteiger partial charge < -0.3 is 25.2 Å². The number of esters is 1. The van der Waals surface area contributed by atoms with Gasteiger partial charge in [0.2, 0.25) is 5.91 Å². The second kappa shape index (κ2) is 10.7. The number of benzene rings is 1. The SMILES string of the molecule is C#CC[C@@H](NC(=O)[C@@H](NC(=O)OCc1ccccc1)[C@@H](C)O)C(=O)OC. The monoisotopic (exact) mass is 362 g/mol. The summed E-state index contributed by atoms with van der Waals surface area (Å²) in [6, 6.07) is 6.54. The molecule has 0 aliphatic rings. The molecule has 1 aromatic rings. The number of ether oxygens (including phenoxy) is 2. The Morgan fingerprint density at radius 3 is 2.42 bits per heavy atom. The summed E-state index contributed by atoms with van der Waals surface area (Å²) in [4.78, 5) is 35.8. The molecule has 8 nitrogen and oxygen atoms in total. The van der Waals surface area contributed by atoms with E-state index in [2.05, 4.69) is 21.3 Å². The van der Waals surface area contributed by atoms with Crippen LogP contribution in [0.1, 0.15) is 18.9 Å². The van der Waals surface area contributed by atoms with Crippen molar-refractivity contribution in [2.75, 3.05) is 7.11 Å². The van der Waals surface area contributed by atoms with Crippen LogP contribution in [0.3, 0.4) is 0 Å². The van der Waals surface area contributed by atoms with Crippen molar-refractivity contribution in [2.45, 2.75) is 38.1 Å². The molecule has 26 heavy (non-hydrogen) atoms. The fourth-order valence-electron chi connectivity index (χ4n) is 2.01. The van der Waals surface area contributed by atoms with Crippen LogP contribution in [0.5, 0.6) is 0 Å². The highest BCUT2D eigenvalue weighted by molar-refractivity contribution is 5.90. The lowest BCUT2D eigenvalue weighted by atomic mass is 10.1. The van der Waals surface area contributed by atoms with Gasteiger partial charge in [-0.05, 0) is 12.5 Å². The summed E-state index contributed by atoms with van der Waals surface area (Å²) in [5.41, 5.74) is 0.764. The van der Waals surface area contributed by atoms with Gasteiger partial charge in [0.1, 0.15) is 18.7 Å². The molecular weight excluding hydrogens is 340 g/mol. The Hall–Kier alpha value is -3.05. The minimum atomic E-state index is -1.33. The Bertz CT molecular complexity index is 653. The molecule has 1 aromatic carbocycles. The number of methoxy groups -OCH3 is 1. The van der Waals surface area contributed by atoms with Crippen LogP contribution < -0.4 is 10.6 Å². The van der Waals surface area contributed by atoms with Gasteiger partial charge in [-0.2, -0.15) is 0 Å². The Morgan fingerprint density at radius 1 is 1.23 bits per heavy atom. The van der Waals surface area contributed by atoms with E-state index in [0.717, 1.165) is 12.7 Å². The van der Waals surface area contributed by atoms with E-state index in [0.29, 0.717) is 0 Å². The summed E-state index contributed by atoms with van der Waals surface area (Å²) in [6.07, 6.45) is 2.95. The third-order valence-electron chi connectivity index (χ3n) is 3.38. The lowest BCUT2D eigenvalue weighted by molar-refractivity contribution is -0.145. The van der Waals surface area contributed by atoms with Crippen LogP contribution in [0.25, 0.3) is 0 Å². The van der Waals surface area contributed by atoms with Gasteiger partial charge in [0.05, 0.1) is 13.2 Å². The standard InChI is InChI=1S/C18H22N2O6/c1-4-8-14(17(23)25-3)19-16(22)15(12(2)21)20-18(24)26-11-13-9-6-5-7-10-13/h1,5-7,9-10,12,14-15,21H,8,11H2,2-3H3,(H,19,22)(H,20,24)/t12-,14-,15+/m1/s1. The molecule has 0 aliphatic heterocycles. The van der Waals surface area contributed by atoms with Gasteiger partial charge in [-0.25, -0.2) is 9.59 Å². The predicted octanol–water partition coefficient (Wildman–Crippen LogP) is 0.343. The number of carbonyl (C=O) groups is 3. The van der Waals surface area contributed by atoms with E-state index in [1.54, 1.807) is 24.3 Å². The van der Waals surface area contributed by atoms with Crippen molar-refractivity contribution in [3.8, 4) is 12.3 Å². The summed E-state index contributed by atoms with van der Waals surface area (Å²) in [6.45, 7) is 1.32. The second-order valence-corrected chi connectivity index (χ2v) is 5.42. The maximum Gasteiger partial charge on any atom is 0.408 e. The number of carbonyl (C=O) groups excluding carboxylic acids is 3. The molecule has 0 aromatic heterocycles. The minimum absolute atomic E-state index is 0.00268. The zero-order chi connectivity index (χ0) is 19.5. The summed E-state index contributed by atoms with van der Waals surface area (Å²) in [7, 11) is 1.16. The number of alkyl carbamates (subject to hydrolysis) is 1. The lowest BCUT2D eigenvalue weighted by Crippen LogP contribution is -2.55. The first kappa shape index (κ1) is 21.0. The van der Waals surface area contributed by atoms with Crippen molar-refractivity contribution < 1.29 is 29.0 Å². The zero-order valence-corrected chi connectivity index (χ0v) is 14.6. The van der Waals surface area contributed by atoms with E-state index >= 15 is 0 Å². The van der Waals surface area contributed by atoms with Gasteiger partial charge in [0.15, 0.2) is 0 Å². The highest BCUT2D eigenvalue weighted by atomic mass is 16.5. The van der Waals surface area contributed by atoms with E-state index in [1.807, 2.05) is 6.07 Å². The van der Waals surface area contributed by atoms with Crippen LogP contribution in [0, 0.1) is 12.3 Å². The van der Waals surface area contributed by atoms with Crippen molar-refractivity contribution in [1.82, 2.24) is 10.6 Å². The van der Waals surface area contributed by atoms with E-state index < -0.39 is 36.2 Å². The first-order chi connectivity index (χ1) is 12.4. The lowest BCUT2D eigenvalue weighted by Gasteiger charge is -2.23. The molecule has 0 bridgehead atoms. The van der Waals surface area contributed by atoms with Crippen molar-refractivity contribution >= 4 is 18.0 Å². The van der Waals surface area contributed by atoms with Crippen LogP contribution in [0.15, 0.2) is 30.3 Å². The van der Waals surface area contributed by atoms with Gasteiger partial charge in [-0.15, -0.1) is 12.3 Å². The smallest absolute Gasteiger partial charge is 0.408 e. The number of terminal acetylenes is 1. The average Bonchev–Trinajstić information content (AvgIpc) is 2.63. The number of hydrogen-bond donors (Lipinski definition) is 3. The maximum absolute atomic E-state index is 12.3. The van der Waals surface area contributed by atoms with Crippen LogP contribution in [-0.2, 0) is 25.7 Å². The van der Waals surface area contributed by atoms with Crippen LogP contribution in [0.2, 0.25) is 0 Å². The summed E-state index contributed by atoms with van der Waals surface area (Å²) in [5, 5.41) is 14.4. The summed E-state index contributed by atoms with van der Waals surface area (Å²) < 4.78 is 9.57. The molecule has 8 heteroatoms. The molecule has 140 valence electrons. The Balaban J connectivity index is 2.66. The van der Waals surface area contributed by atoms with E-state index in [1.165, 1.54) is 6.92 Å². The molecule has 0 fully saturated rings. The summed E-state index contributed by atoms with van der Waals surface area (Å²) in [5.74, 6) is 0.727. The van der Waals surface area contributed by atoms with Crippen molar-refractivity contribution in [3.63, 3.8) is 0 Å². The number of hydrogen-bond acceptors (Lipinski definition) is 6. The molecule has 0 saturated carbocycles. The van der Waals surface area contributed by atoms with Crippen LogP contribution >= 0.6 is 0 Å². The van der Waals surface area contributed by atoms with Crippen molar-refractivity contribution in [3.05, 3.63) is 35.9 Å². The maximum atomic E-state index is 12.3. The highest BCUT2D eigenvalue weighted by Crippen LogP contribution is 2.03. The number of amides is 2. The molecule has 0 unspecified atom stereocenters. The molecule has 0 saturated heterocycles. The largest absolute Gasteiger partial charge is 0.467 e. The first-order valence-electron chi connectivity index (χ1n) is 7.86. The highest BCUT2D eigenvalue weighted by Gasteiger charge is 2.30. The van der Waals surface area contributed by atoms with E-state index in [9.17, 15) is 19.5 Å². The topological polar surface area (TPSA) is 114 Å². The van der Waals surface area contributed by atoms with E-state index in [4.69, 9.17) is 11.2 Å². The van der Waals surface area contributed by atoms with Gasteiger partial charge in [-0.1, -0.05) is 30.3 Å². The second-order valence-electron chi connectivity index (χ2n) is 5.42. The molecular formula is C18H22N2O6. The molecule has 1 rings (SSSR count). The fraction of sp³-hybridized carbons (Fsp3) is 0.389. The molecule has 2 amide bonds. The fourth-order valence-corrected chi connectivity index (χ4v) is 2.01. The van der Waals surface area contributed by atoms with Crippen LogP contribution in [0.4, 0.5) is 4.79 Å². The Morgan fingerprint density at radius 2 is 1.88 bits per heavy atom. The third kappa shape index (κ3) is 6.83. The number of aliphatic hydroxyl groups excluding tert-OH is 1. The zero-order valence-electron chi connectivity index (χ0n) is 14.6. The first-order valence-corrected chi connectivity index (χ1v) is 7.86. The molecule has 3 atom stereocenters. The third-order valence-corrected chi connectivity index (χ3v) is 3.38. The Labute approximate surface area is 151 Å².